The van der Waals surface area contributed by atoms with Crippen LogP contribution in [-0.4, -0.2) is 47.8 Å². The number of nitrogens with zero attached hydrogens (tertiary/aromatic N) is 3. The highest BCUT2D eigenvalue weighted by molar-refractivity contribution is 5.77. The molecule has 4 heteroatoms. The van der Waals surface area contributed by atoms with Gasteiger partial charge in [-0.15, -0.1) is 0 Å². The summed E-state index contributed by atoms with van der Waals surface area (Å²) in [4.78, 5) is 20.4. The number of carbonyl (C=O) groups is 1. The zero-order chi connectivity index (χ0) is 18.1. The molecule has 0 N–H and O–H groups in total. The van der Waals surface area contributed by atoms with E-state index >= 15 is 0 Å². The van der Waals surface area contributed by atoms with Gasteiger partial charge in [0.2, 0.25) is 0 Å². The van der Waals surface area contributed by atoms with Gasteiger partial charge in [0.1, 0.15) is 6.29 Å². The van der Waals surface area contributed by atoms with E-state index in [1.807, 2.05) is 6.92 Å². The van der Waals surface area contributed by atoms with Gasteiger partial charge in [-0.05, 0) is 75.4 Å². The molecule has 2 aliphatic rings. The second kappa shape index (κ2) is 7.12. The van der Waals surface area contributed by atoms with Gasteiger partial charge in [0, 0.05) is 49.3 Å². The molecule has 0 bridgehead atoms. The van der Waals surface area contributed by atoms with Crippen molar-refractivity contribution in [2.75, 3.05) is 20.6 Å². The molecule has 1 fully saturated rings. The van der Waals surface area contributed by atoms with Gasteiger partial charge in [-0.1, -0.05) is 0 Å². The number of aldehydes is 1. The number of pyridine rings is 1. The lowest BCUT2D eigenvalue weighted by Crippen LogP contribution is -2.39. The number of hydrogen-bond acceptors (Lipinski definition) is 4. The van der Waals surface area contributed by atoms with Crippen LogP contribution in [0.1, 0.15) is 48.3 Å². The van der Waals surface area contributed by atoms with E-state index in [0.717, 1.165) is 42.1 Å². The van der Waals surface area contributed by atoms with Gasteiger partial charge < -0.3 is 4.90 Å². The summed E-state index contributed by atoms with van der Waals surface area (Å²) in [5, 5.41) is 0. The van der Waals surface area contributed by atoms with Crippen LogP contribution in [0.3, 0.4) is 0 Å². The molecule has 0 radical (unpaired) electrons. The topological polar surface area (TPSA) is 36.4 Å². The highest BCUT2D eigenvalue weighted by Gasteiger charge is 2.31. The summed E-state index contributed by atoms with van der Waals surface area (Å²) in [6, 6.07) is 2.08. The molecule has 0 saturated heterocycles. The van der Waals surface area contributed by atoms with Crippen LogP contribution in [0, 0.1) is 12.8 Å². The first kappa shape index (κ1) is 17.9. The molecule has 0 amide bonds. The fraction of sp³-hybridized carbons (Fsp3) is 0.524. The number of carbonyl (C=O) groups excluding carboxylic acids is 1. The smallest absolute Gasteiger partial charge is 0.150 e. The molecule has 134 valence electrons. The van der Waals surface area contributed by atoms with E-state index < -0.39 is 0 Å². The lowest BCUT2D eigenvalue weighted by Gasteiger charge is -2.37. The third-order valence-corrected chi connectivity index (χ3v) is 5.72. The summed E-state index contributed by atoms with van der Waals surface area (Å²) in [6.07, 6.45) is 7.71. The fourth-order valence-corrected chi connectivity index (χ4v) is 3.76. The molecule has 2 heterocycles. The van der Waals surface area contributed by atoms with Gasteiger partial charge in [0.15, 0.2) is 0 Å². The molecule has 4 nitrogen and oxygen atoms in total. The van der Waals surface area contributed by atoms with Crippen LogP contribution in [0.15, 0.2) is 35.2 Å². The Balaban J connectivity index is 1.80. The predicted octanol–water partition coefficient (Wildman–Crippen LogP) is 3.58. The fourth-order valence-electron chi connectivity index (χ4n) is 3.76. The van der Waals surface area contributed by atoms with Crippen molar-refractivity contribution in [3.05, 3.63) is 52.0 Å². The van der Waals surface area contributed by atoms with Crippen molar-refractivity contribution in [1.29, 1.82) is 0 Å². The van der Waals surface area contributed by atoms with Crippen molar-refractivity contribution in [2.45, 2.75) is 46.2 Å². The first-order chi connectivity index (χ1) is 11.9. The summed E-state index contributed by atoms with van der Waals surface area (Å²) in [6.45, 7) is 8.24. The van der Waals surface area contributed by atoms with Gasteiger partial charge in [0.05, 0.1) is 0 Å². The summed E-state index contributed by atoms with van der Waals surface area (Å²) < 4.78 is 0. The molecule has 1 aromatic rings. The third-order valence-electron chi connectivity index (χ3n) is 5.72. The highest BCUT2D eigenvalue weighted by atomic mass is 16.1. The number of rotatable bonds is 6. The molecule has 3 rings (SSSR count). The van der Waals surface area contributed by atoms with E-state index in [4.69, 9.17) is 0 Å². The molecule has 0 aromatic carbocycles. The Hall–Kier alpha value is -1.94. The molecular weight excluding hydrogens is 310 g/mol. The van der Waals surface area contributed by atoms with E-state index in [-0.39, 0.29) is 6.04 Å². The Morgan fingerprint density at radius 1 is 1.40 bits per heavy atom. The molecule has 25 heavy (non-hydrogen) atoms. The largest absolute Gasteiger partial charge is 0.373 e. The van der Waals surface area contributed by atoms with Crippen LogP contribution in [0.25, 0.3) is 0 Å². The van der Waals surface area contributed by atoms with Gasteiger partial charge in [-0.25, -0.2) is 0 Å². The molecule has 1 aliphatic heterocycles. The minimum Gasteiger partial charge on any atom is -0.373 e. The molecule has 0 spiro atoms. The van der Waals surface area contributed by atoms with Gasteiger partial charge in [-0.3, -0.25) is 14.7 Å². The van der Waals surface area contributed by atoms with Gasteiger partial charge in [-0.2, -0.15) is 0 Å². The molecular formula is C21H29N3O. The summed E-state index contributed by atoms with van der Waals surface area (Å²) in [7, 11) is 4.31. The van der Waals surface area contributed by atoms with Crippen molar-refractivity contribution in [1.82, 2.24) is 14.8 Å². The first-order valence-electron chi connectivity index (χ1n) is 9.14. The molecule has 1 saturated carbocycles. The zero-order valence-corrected chi connectivity index (χ0v) is 16.0. The lowest BCUT2D eigenvalue weighted by molar-refractivity contribution is 0.112. The maximum atomic E-state index is 11.4. The Bertz CT molecular complexity index is 731. The Morgan fingerprint density at radius 2 is 2.12 bits per heavy atom. The van der Waals surface area contributed by atoms with E-state index in [1.165, 1.54) is 24.1 Å². The number of allylic oxidation sites excluding steroid dienone is 2. The number of aryl methyl sites for hydroxylation is 1. The van der Waals surface area contributed by atoms with E-state index in [1.54, 1.807) is 17.8 Å². The summed E-state index contributed by atoms with van der Waals surface area (Å²) in [5.74, 6) is 0.821. The first-order valence-corrected chi connectivity index (χ1v) is 9.14. The standard InChI is InChI=1S/C21H29N3O/c1-14-10-21(24(5)11-19(14)17-6-7-17)16(3)23(4)12-20-15(2)22-9-8-18(20)13-25/h8-10,13,16-17H,6-7,11-12H2,1-5H3. The molecule has 1 atom stereocenters. The average molecular weight is 339 g/mol. The van der Waals surface area contributed by atoms with Crippen LogP contribution in [0.5, 0.6) is 0 Å². The van der Waals surface area contributed by atoms with Crippen molar-refractivity contribution < 1.29 is 4.79 Å². The van der Waals surface area contributed by atoms with E-state index in [9.17, 15) is 4.79 Å². The molecule has 1 unspecified atom stereocenters. The minimum atomic E-state index is 0.278. The zero-order valence-electron chi connectivity index (χ0n) is 16.0. The van der Waals surface area contributed by atoms with Crippen molar-refractivity contribution in [2.24, 2.45) is 5.92 Å². The summed E-state index contributed by atoms with van der Waals surface area (Å²) in [5.41, 5.74) is 7.11. The highest BCUT2D eigenvalue weighted by Crippen LogP contribution is 2.41. The second-order valence-electron chi connectivity index (χ2n) is 7.58. The SMILES string of the molecule is CC1=C(C2CC2)CN(C)C(C(C)N(C)Cc2c(C=O)ccnc2C)=C1. The Labute approximate surface area is 151 Å². The number of likely N-dealkylation sites (N-methyl/N-ethyl adjacent to an activating group) is 2. The lowest BCUT2D eigenvalue weighted by atomic mass is 9.96. The minimum absolute atomic E-state index is 0.278. The van der Waals surface area contributed by atoms with Crippen LogP contribution < -0.4 is 0 Å². The van der Waals surface area contributed by atoms with Crippen molar-refractivity contribution in [3.63, 3.8) is 0 Å². The normalized spacial score (nSPS) is 19.3. The van der Waals surface area contributed by atoms with E-state index in [0.29, 0.717) is 0 Å². The predicted molar refractivity (Wildman–Crippen MR) is 101 cm³/mol. The Morgan fingerprint density at radius 3 is 2.76 bits per heavy atom. The number of hydrogen-bond donors (Lipinski definition) is 0. The van der Waals surface area contributed by atoms with Crippen molar-refractivity contribution in [3.8, 4) is 0 Å². The number of aromatic nitrogens is 1. The quantitative estimate of drug-likeness (QED) is 0.742. The second-order valence-corrected chi connectivity index (χ2v) is 7.58. The maximum absolute atomic E-state index is 11.4. The van der Waals surface area contributed by atoms with Crippen LogP contribution in [0.4, 0.5) is 0 Å². The molecule has 1 aliphatic carbocycles. The average Bonchev–Trinajstić information content (AvgIpc) is 3.42. The van der Waals surface area contributed by atoms with Crippen LogP contribution >= 0.6 is 0 Å². The van der Waals surface area contributed by atoms with Crippen molar-refractivity contribution >= 4 is 6.29 Å². The maximum Gasteiger partial charge on any atom is 0.150 e. The van der Waals surface area contributed by atoms with E-state index in [2.05, 4.69) is 48.8 Å². The Kier molecular flexibility index (Phi) is 5.09. The van der Waals surface area contributed by atoms with Gasteiger partial charge >= 0.3 is 0 Å². The molecule has 1 aromatic heterocycles. The van der Waals surface area contributed by atoms with Crippen LogP contribution in [-0.2, 0) is 6.54 Å². The monoisotopic (exact) mass is 339 g/mol. The van der Waals surface area contributed by atoms with Gasteiger partial charge in [0.25, 0.3) is 0 Å². The summed E-state index contributed by atoms with van der Waals surface area (Å²) >= 11 is 0. The van der Waals surface area contributed by atoms with Crippen LogP contribution in [0.2, 0.25) is 0 Å². The third kappa shape index (κ3) is 3.69.